The maximum Gasteiger partial charge on any atom is 0.211 e. The highest BCUT2D eigenvalue weighted by atomic mass is 32.2. The van der Waals surface area contributed by atoms with Crippen LogP contribution in [0.1, 0.15) is 31.4 Å². The molecular weight excluding hydrogens is 288 g/mol. The summed E-state index contributed by atoms with van der Waals surface area (Å²) in [6, 6.07) is 6.16. The molecule has 1 atom stereocenters. The number of hydrogen-bond donors (Lipinski definition) is 2. The molecule has 1 heterocycles. The first kappa shape index (κ1) is 15.3. The lowest BCUT2D eigenvalue weighted by Gasteiger charge is -2.18. The van der Waals surface area contributed by atoms with Gasteiger partial charge in [-0.1, -0.05) is 43.8 Å². The summed E-state index contributed by atoms with van der Waals surface area (Å²) in [7, 11) is 0. The van der Waals surface area contributed by atoms with Crippen molar-refractivity contribution >= 4 is 39.9 Å². The van der Waals surface area contributed by atoms with E-state index in [1.54, 1.807) is 0 Å². The first-order valence-corrected chi connectivity index (χ1v) is 8.40. The van der Waals surface area contributed by atoms with Crippen LogP contribution in [-0.2, 0) is 17.6 Å². The van der Waals surface area contributed by atoms with Gasteiger partial charge in [0.2, 0.25) is 5.12 Å². The largest absolute Gasteiger partial charge is 0.352 e. The van der Waals surface area contributed by atoms with E-state index in [0.29, 0.717) is 5.11 Å². The van der Waals surface area contributed by atoms with Crippen LogP contribution in [0.15, 0.2) is 18.2 Å². The van der Waals surface area contributed by atoms with E-state index in [1.165, 1.54) is 22.9 Å². The van der Waals surface area contributed by atoms with Crippen LogP contribution in [0.3, 0.4) is 0 Å². The number of para-hydroxylation sites is 1. The number of nitrogens with one attached hydrogen (secondary N) is 2. The van der Waals surface area contributed by atoms with Crippen LogP contribution in [-0.4, -0.2) is 22.0 Å². The van der Waals surface area contributed by atoms with E-state index in [9.17, 15) is 4.79 Å². The number of thiocarbonyl (C=S) groups is 1. The van der Waals surface area contributed by atoms with Gasteiger partial charge in [-0.3, -0.25) is 4.79 Å². The van der Waals surface area contributed by atoms with Gasteiger partial charge in [-0.25, -0.2) is 0 Å². The Morgan fingerprint density at radius 3 is 2.50 bits per heavy atom. The SMILES string of the molecule is CCc1cccc(CC)c1NC(=S)NC1CCSC1=O. The number of carbonyl (C=O) groups is 1. The van der Waals surface area contributed by atoms with Crippen molar-refractivity contribution in [2.75, 3.05) is 11.1 Å². The summed E-state index contributed by atoms with van der Waals surface area (Å²) in [5.41, 5.74) is 3.59. The molecule has 1 aliphatic rings. The normalized spacial score (nSPS) is 18.1. The van der Waals surface area contributed by atoms with Gasteiger partial charge < -0.3 is 10.6 Å². The summed E-state index contributed by atoms with van der Waals surface area (Å²) in [6.45, 7) is 4.27. The molecule has 0 spiro atoms. The standard InChI is InChI=1S/C15H20N2OS2/c1-3-10-6-5-7-11(4-2)13(10)17-15(19)16-12-8-9-20-14(12)18/h5-7,12H,3-4,8-9H2,1-2H3,(H2,16,17,19). The van der Waals surface area contributed by atoms with Crippen molar-refractivity contribution in [1.29, 1.82) is 0 Å². The molecule has 1 saturated heterocycles. The van der Waals surface area contributed by atoms with Crippen LogP contribution >= 0.6 is 24.0 Å². The minimum absolute atomic E-state index is 0.140. The zero-order valence-electron chi connectivity index (χ0n) is 11.9. The first-order chi connectivity index (χ1) is 9.65. The van der Waals surface area contributed by atoms with Gasteiger partial charge in [-0.15, -0.1) is 0 Å². The van der Waals surface area contributed by atoms with Gasteiger partial charge in [0.15, 0.2) is 5.11 Å². The van der Waals surface area contributed by atoms with Crippen molar-refractivity contribution in [3.63, 3.8) is 0 Å². The third-order valence-electron chi connectivity index (χ3n) is 3.48. The van der Waals surface area contributed by atoms with Crippen molar-refractivity contribution in [2.24, 2.45) is 0 Å². The fraction of sp³-hybridized carbons (Fsp3) is 0.467. The summed E-state index contributed by atoms with van der Waals surface area (Å²) >= 11 is 6.74. The van der Waals surface area contributed by atoms with Crippen molar-refractivity contribution in [3.8, 4) is 0 Å². The fourth-order valence-electron chi connectivity index (χ4n) is 2.34. The van der Waals surface area contributed by atoms with E-state index in [0.717, 1.165) is 30.7 Å². The Hall–Kier alpha value is -1.07. The highest BCUT2D eigenvalue weighted by molar-refractivity contribution is 8.14. The summed E-state index contributed by atoms with van der Waals surface area (Å²) < 4.78 is 0. The Kier molecular flexibility index (Phi) is 5.43. The molecule has 2 N–H and O–H groups in total. The van der Waals surface area contributed by atoms with Crippen molar-refractivity contribution in [3.05, 3.63) is 29.3 Å². The van der Waals surface area contributed by atoms with E-state index in [2.05, 4.69) is 42.7 Å². The maximum atomic E-state index is 11.6. The zero-order valence-corrected chi connectivity index (χ0v) is 13.5. The fourth-order valence-corrected chi connectivity index (χ4v) is 3.51. The molecule has 108 valence electrons. The van der Waals surface area contributed by atoms with Crippen molar-refractivity contribution in [1.82, 2.24) is 5.32 Å². The third-order valence-corrected chi connectivity index (χ3v) is 4.71. The molecule has 2 rings (SSSR count). The summed E-state index contributed by atoms with van der Waals surface area (Å²) in [6.07, 6.45) is 2.76. The van der Waals surface area contributed by atoms with Crippen LogP contribution in [0.25, 0.3) is 0 Å². The second-order valence-electron chi connectivity index (χ2n) is 4.77. The van der Waals surface area contributed by atoms with E-state index in [1.807, 2.05) is 0 Å². The Bertz CT molecular complexity index is 494. The minimum atomic E-state index is -0.140. The second kappa shape index (κ2) is 7.09. The monoisotopic (exact) mass is 308 g/mol. The van der Waals surface area contributed by atoms with Gasteiger partial charge in [-0.05, 0) is 42.6 Å². The molecule has 0 aliphatic carbocycles. The summed E-state index contributed by atoms with van der Waals surface area (Å²) in [5, 5.41) is 7.15. The lowest BCUT2D eigenvalue weighted by atomic mass is 10.0. The van der Waals surface area contributed by atoms with Crippen LogP contribution in [0.5, 0.6) is 0 Å². The average Bonchev–Trinajstić information content (AvgIpc) is 2.84. The Morgan fingerprint density at radius 2 is 2.00 bits per heavy atom. The quantitative estimate of drug-likeness (QED) is 0.836. The number of thioether (sulfide) groups is 1. The van der Waals surface area contributed by atoms with Crippen molar-refractivity contribution in [2.45, 2.75) is 39.2 Å². The Balaban J connectivity index is 2.09. The second-order valence-corrected chi connectivity index (χ2v) is 6.27. The third kappa shape index (κ3) is 3.52. The zero-order chi connectivity index (χ0) is 14.5. The Morgan fingerprint density at radius 1 is 1.35 bits per heavy atom. The van der Waals surface area contributed by atoms with E-state index in [4.69, 9.17) is 12.2 Å². The molecule has 0 amide bonds. The molecule has 0 radical (unpaired) electrons. The highest BCUT2D eigenvalue weighted by Gasteiger charge is 2.25. The molecular formula is C15H20N2OS2. The summed E-state index contributed by atoms with van der Waals surface area (Å²) in [4.78, 5) is 11.6. The lowest BCUT2D eigenvalue weighted by molar-refractivity contribution is -0.111. The predicted molar refractivity (Wildman–Crippen MR) is 90.4 cm³/mol. The van der Waals surface area contributed by atoms with Gasteiger partial charge >= 0.3 is 0 Å². The minimum Gasteiger partial charge on any atom is -0.352 e. The molecule has 0 aromatic heterocycles. The smallest absolute Gasteiger partial charge is 0.211 e. The molecule has 1 aromatic rings. The molecule has 0 bridgehead atoms. The number of hydrogen-bond acceptors (Lipinski definition) is 3. The van der Waals surface area contributed by atoms with Gasteiger partial charge in [0.1, 0.15) is 0 Å². The summed E-state index contributed by atoms with van der Waals surface area (Å²) in [5.74, 6) is 0.880. The highest BCUT2D eigenvalue weighted by Crippen LogP contribution is 2.23. The molecule has 1 unspecified atom stereocenters. The molecule has 0 saturated carbocycles. The lowest BCUT2D eigenvalue weighted by Crippen LogP contribution is -2.40. The van der Waals surface area contributed by atoms with Crippen LogP contribution in [0.2, 0.25) is 0 Å². The molecule has 1 aliphatic heterocycles. The molecule has 1 aromatic carbocycles. The predicted octanol–water partition coefficient (Wildman–Crippen LogP) is 3.13. The number of aryl methyl sites for hydroxylation is 2. The van der Waals surface area contributed by atoms with Gasteiger partial charge in [0, 0.05) is 11.4 Å². The van der Waals surface area contributed by atoms with Gasteiger partial charge in [0.05, 0.1) is 6.04 Å². The van der Waals surface area contributed by atoms with E-state index >= 15 is 0 Å². The number of anilines is 1. The van der Waals surface area contributed by atoms with Crippen LogP contribution in [0, 0.1) is 0 Å². The van der Waals surface area contributed by atoms with E-state index in [-0.39, 0.29) is 11.2 Å². The maximum absolute atomic E-state index is 11.6. The molecule has 5 heteroatoms. The molecule has 1 fully saturated rings. The van der Waals surface area contributed by atoms with Gasteiger partial charge in [-0.2, -0.15) is 0 Å². The Labute approximate surface area is 129 Å². The van der Waals surface area contributed by atoms with Gasteiger partial charge in [0.25, 0.3) is 0 Å². The van der Waals surface area contributed by atoms with Crippen molar-refractivity contribution < 1.29 is 4.79 Å². The van der Waals surface area contributed by atoms with Crippen LogP contribution in [0.4, 0.5) is 5.69 Å². The van der Waals surface area contributed by atoms with Crippen LogP contribution < -0.4 is 10.6 Å². The molecule has 20 heavy (non-hydrogen) atoms. The van der Waals surface area contributed by atoms with E-state index < -0.39 is 0 Å². The number of benzene rings is 1. The topological polar surface area (TPSA) is 41.1 Å². The number of carbonyl (C=O) groups excluding carboxylic acids is 1. The molecule has 3 nitrogen and oxygen atoms in total. The first-order valence-electron chi connectivity index (χ1n) is 7.00. The average molecular weight is 308 g/mol. The number of rotatable bonds is 4.